The molecule has 14 heavy (non-hydrogen) atoms. The lowest BCUT2D eigenvalue weighted by Gasteiger charge is -1.99. The minimum absolute atomic E-state index is 0.00134. The van der Waals surface area contributed by atoms with E-state index in [-0.39, 0.29) is 6.61 Å². The third-order valence-corrected chi connectivity index (χ3v) is 2.17. The smallest absolute Gasteiger partial charge is 0.0682 e. The topological polar surface area (TPSA) is 20.2 Å². The highest BCUT2D eigenvalue weighted by molar-refractivity contribution is 6.31. The zero-order valence-corrected chi connectivity index (χ0v) is 9.07. The largest absolute Gasteiger partial charge is 0.392 e. The number of aliphatic hydroxyl groups is 1. The summed E-state index contributed by atoms with van der Waals surface area (Å²) in [7, 11) is 0. The highest BCUT2D eigenvalue weighted by Crippen LogP contribution is 2.16. The van der Waals surface area contributed by atoms with Crippen LogP contribution in [0.25, 0.3) is 0 Å². The quantitative estimate of drug-likeness (QED) is 0.610. The Hall–Kier alpha value is -0.680. The standard InChI is InChI=1S/C11H10Cl2O/c12-6-2-1-3-10-7-9(8-14)4-5-11(10)13/h4-5,7,14H,2,6,8H2. The molecule has 1 aromatic carbocycles. The monoisotopic (exact) mass is 228 g/mol. The van der Waals surface area contributed by atoms with Crippen LogP contribution in [-0.2, 0) is 6.61 Å². The maximum atomic E-state index is 8.91. The molecule has 0 aromatic heterocycles. The molecule has 0 bridgehead atoms. The molecule has 0 heterocycles. The van der Waals surface area contributed by atoms with Crippen LogP contribution in [0.4, 0.5) is 0 Å². The van der Waals surface area contributed by atoms with Crippen LogP contribution in [0.15, 0.2) is 18.2 Å². The Morgan fingerprint density at radius 2 is 2.14 bits per heavy atom. The van der Waals surface area contributed by atoms with Crippen LogP contribution in [0.2, 0.25) is 5.02 Å². The van der Waals surface area contributed by atoms with Crippen molar-refractivity contribution in [3.05, 3.63) is 34.3 Å². The van der Waals surface area contributed by atoms with E-state index in [2.05, 4.69) is 11.8 Å². The Bertz CT molecular complexity index is 363. The fourth-order valence-corrected chi connectivity index (χ4v) is 1.23. The predicted molar refractivity (Wildman–Crippen MR) is 59.6 cm³/mol. The van der Waals surface area contributed by atoms with Gasteiger partial charge in [-0.15, -0.1) is 11.6 Å². The van der Waals surface area contributed by atoms with E-state index in [1.165, 1.54) is 0 Å². The van der Waals surface area contributed by atoms with Crippen LogP contribution in [0.5, 0.6) is 0 Å². The summed E-state index contributed by atoms with van der Waals surface area (Å²) in [6, 6.07) is 5.29. The molecule has 0 fully saturated rings. The van der Waals surface area contributed by atoms with Crippen molar-refractivity contribution in [3.8, 4) is 11.8 Å². The summed E-state index contributed by atoms with van der Waals surface area (Å²) in [4.78, 5) is 0. The van der Waals surface area contributed by atoms with Gasteiger partial charge in [-0.2, -0.15) is 0 Å². The van der Waals surface area contributed by atoms with E-state index in [4.69, 9.17) is 28.3 Å². The Labute approximate surface area is 93.7 Å². The fourth-order valence-electron chi connectivity index (χ4n) is 0.972. The first-order valence-corrected chi connectivity index (χ1v) is 5.13. The van der Waals surface area contributed by atoms with E-state index in [0.717, 1.165) is 11.1 Å². The van der Waals surface area contributed by atoms with Gasteiger partial charge in [-0.1, -0.05) is 29.5 Å². The molecule has 0 aliphatic heterocycles. The summed E-state index contributed by atoms with van der Waals surface area (Å²) in [6.45, 7) is 0.00134. The molecule has 0 spiro atoms. The first-order chi connectivity index (χ1) is 6.77. The van der Waals surface area contributed by atoms with E-state index in [1.54, 1.807) is 18.2 Å². The second kappa shape index (κ2) is 5.93. The van der Waals surface area contributed by atoms with Gasteiger partial charge in [-0.3, -0.25) is 0 Å². The van der Waals surface area contributed by atoms with Crippen LogP contribution in [0.1, 0.15) is 17.5 Å². The van der Waals surface area contributed by atoms with Gasteiger partial charge in [0.2, 0.25) is 0 Å². The number of halogens is 2. The Kier molecular flexibility index (Phi) is 4.82. The molecule has 0 radical (unpaired) electrons. The van der Waals surface area contributed by atoms with Crippen molar-refractivity contribution in [1.82, 2.24) is 0 Å². The van der Waals surface area contributed by atoms with E-state index in [1.807, 2.05) is 0 Å². The zero-order chi connectivity index (χ0) is 10.4. The van der Waals surface area contributed by atoms with Crippen LogP contribution in [0.3, 0.4) is 0 Å². The van der Waals surface area contributed by atoms with Crippen molar-refractivity contribution in [2.75, 3.05) is 5.88 Å². The summed E-state index contributed by atoms with van der Waals surface area (Å²) in [6.07, 6.45) is 0.640. The van der Waals surface area contributed by atoms with Gasteiger partial charge in [-0.25, -0.2) is 0 Å². The molecule has 0 amide bonds. The number of aliphatic hydroxyl groups excluding tert-OH is 1. The second-order valence-corrected chi connectivity index (χ2v) is 3.50. The second-order valence-electron chi connectivity index (χ2n) is 2.71. The first-order valence-electron chi connectivity index (χ1n) is 4.22. The first kappa shape index (κ1) is 11.4. The van der Waals surface area contributed by atoms with Crippen molar-refractivity contribution in [1.29, 1.82) is 0 Å². The molecule has 74 valence electrons. The van der Waals surface area contributed by atoms with Crippen LogP contribution < -0.4 is 0 Å². The summed E-state index contributed by atoms with van der Waals surface area (Å²) in [5, 5.41) is 9.51. The molecule has 1 aromatic rings. The predicted octanol–water partition coefficient (Wildman–Crippen LogP) is 2.81. The van der Waals surface area contributed by atoms with Crippen molar-refractivity contribution in [2.24, 2.45) is 0 Å². The third kappa shape index (κ3) is 3.23. The lowest BCUT2D eigenvalue weighted by molar-refractivity contribution is 0.282. The maximum absolute atomic E-state index is 8.91. The molecule has 3 heteroatoms. The number of benzene rings is 1. The highest BCUT2D eigenvalue weighted by atomic mass is 35.5. The van der Waals surface area contributed by atoms with Crippen molar-refractivity contribution < 1.29 is 5.11 Å². The number of hydrogen-bond donors (Lipinski definition) is 1. The molecule has 0 aliphatic carbocycles. The van der Waals surface area contributed by atoms with Gasteiger partial charge in [0.15, 0.2) is 0 Å². The molecule has 1 rings (SSSR count). The van der Waals surface area contributed by atoms with Gasteiger partial charge in [-0.05, 0) is 17.7 Å². The Balaban J connectivity index is 2.91. The summed E-state index contributed by atoms with van der Waals surface area (Å²) in [5.74, 6) is 6.32. The lowest BCUT2D eigenvalue weighted by Crippen LogP contribution is -1.85. The van der Waals surface area contributed by atoms with Gasteiger partial charge in [0.05, 0.1) is 11.6 Å². The normalized spacial score (nSPS) is 9.36. The Morgan fingerprint density at radius 1 is 1.36 bits per heavy atom. The summed E-state index contributed by atoms with van der Waals surface area (Å²) in [5.41, 5.74) is 1.55. The Morgan fingerprint density at radius 3 is 2.79 bits per heavy atom. The van der Waals surface area contributed by atoms with E-state index < -0.39 is 0 Å². The number of rotatable bonds is 2. The summed E-state index contributed by atoms with van der Waals surface area (Å²) >= 11 is 11.4. The van der Waals surface area contributed by atoms with Gasteiger partial charge in [0.1, 0.15) is 0 Å². The zero-order valence-electron chi connectivity index (χ0n) is 7.56. The van der Waals surface area contributed by atoms with Crippen molar-refractivity contribution in [3.63, 3.8) is 0 Å². The van der Waals surface area contributed by atoms with Gasteiger partial charge in [0, 0.05) is 17.9 Å². The number of alkyl halides is 1. The summed E-state index contributed by atoms with van der Waals surface area (Å²) < 4.78 is 0. The van der Waals surface area contributed by atoms with Gasteiger partial charge >= 0.3 is 0 Å². The average molecular weight is 229 g/mol. The highest BCUT2D eigenvalue weighted by Gasteiger charge is 1.97. The maximum Gasteiger partial charge on any atom is 0.0682 e. The molecule has 0 saturated heterocycles. The molecule has 0 saturated carbocycles. The molecule has 1 nitrogen and oxygen atoms in total. The van der Waals surface area contributed by atoms with Crippen molar-refractivity contribution in [2.45, 2.75) is 13.0 Å². The lowest BCUT2D eigenvalue weighted by atomic mass is 10.1. The average Bonchev–Trinajstić information content (AvgIpc) is 2.21. The fraction of sp³-hybridized carbons (Fsp3) is 0.273. The molecule has 1 N–H and O–H groups in total. The molecular weight excluding hydrogens is 219 g/mol. The van der Waals surface area contributed by atoms with Gasteiger partial charge < -0.3 is 5.11 Å². The third-order valence-electron chi connectivity index (χ3n) is 1.66. The minimum Gasteiger partial charge on any atom is -0.392 e. The van der Waals surface area contributed by atoms with Crippen molar-refractivity contribution >= 4 is 23.2 Å². The van der Waals surface area contributed by atoms with E-state index in [9.17, 15) is 0 Å². The van der Waals surface area contributed by atoms with E-state index in [0.29, 0.717) is 17.3 Å². The molecule has 0 aliphatic rings. The SMILES string of the molecule is OCc1ccc(Cl)c(C#CCCCl)c1. The molecular formula is C11H10Cl2O. The van der Waals surface area contributed by atoms with Crippen LogP contribution in [0, 0.1) is 11.8 Å². The van der Waals surface area contributed by atoms with E-state index >= 15 is 0 Å². The molecule has 0 unspecified atom stereocenters. The minimum atomic E-state index is 0.00134. The number of hydrogen-bond acceptors (Lipinski definition) is 1. The van der Waals surface area contributed by atoms with Crippen LogP contribution in [-0.4, -0.2) is 11.0 Å². The van der Waals surface area contributed by atoms with Crippen LogP contribution >= 0.6 is 23.2 Å². The van der Waals surface area contributed by atoms with Gasteiger partial charge in [0.25, 0.3) is 0 Å². The molecule has 0 atom stereocenters.